The SMILES string of the molecule is O=C=NC1(c2cnc3cnccn23)CC1. The van der Waals surface area contributed by atoms with Crippen molar-refractivity contribution in [1.82, 2.24) is 14.4 Å². The summed E-state index contributed by atoms with van der Waals surface area (Å²) in [7, 11) is 0. The van der Waals surface area contributed by atoms with Gasteiger partial charge in [0, 0.05) is 12.4 Å². The number of aliphatic imine (C=N–C) groups is 1. The van der Waals surface area contributed by atoms with Crippen LogP contribution >= 0.6 is 0 Å². The Bertz CT molecular complexity index is 564. The van der Waals surface area contributed by atoms with Gasteiger partial charge in [-0.3, -0.25) is 9.38 Å². The Labute approximate surface area is 85.5 Å². The molecule has 1 fully saturated rings. The first kappa shape index (κ1) is 8.32. The van der Waals surface area contributed by atoms with E-state index in [1.807, 2.05) is 10.6 Å². The van der Waals surface area contributed by atoms with Gasteiger partial charge in [0.25, 0.3) is 0 Å². The van der Waals surface area contributed by atoms with Crippen LogP contribution in [-0.4, -0.2) is 20.4 Å². The summed E-state index contributed by atoms with van der Waals surface area (Å²) in [6, 6.07) is 0. The summed E-state index contributed by atoms with van der Waals surface area (Å²) < 4.78 is 1.92. The highest BCUT2D eigenvalue weighted by molar-refractivity contribution is 5.44. The molecule has 0 spiro atoms. The van der Waals surface area contributed by atoms with E-state index < -0.39 is 0 Å². The third-order valence-electron chi connectivity index (χ3n) is 2.78. The second kappa shape index (κ2) is 2.74. The van der Waals surface area contributed by atoms with Crippen LogP contribution in [0.25, 0.3) is 5.65 Å². The predicted molar refractivity (Wildman–Crippen MR) is 52.0 cm³/mol. The highest BCUT2D eigenvalue weighted by atomic mass is 16.1. The molecule has 0 atom stereocenters. The van der Waals surface area contributed by atoms with Gasteiger partial charge in [0.15, 0.2) is 5.65 Å². The monoisotopic (exact) mass is 200 g/mol. The molecular formula is C10H8N4O. The molecule has 0 amide bonds. The second-order valence-electron chi connectivity index (χ2n) is 3.68. The summed E-state index contributed by atoms with van der Waals surface area (Å²) in [6.07, 6.45) is 10.4. The summed E-state index contributed by atoms with van der Waals surface area (Å²) >= 11 is 0. The summed E-state index contributed by atoms with van der Waals surface area (Å²) in [5, 5.41) is 0. The highest BCUT2D eigenvalue weighted by Crippen LogP contribution is 2.49. The van der Waals surface area contributed by atoms with Crippen LogP contribution < -0.4 is 0 Å². The number of aromatic nitrogens is 3. The van der Waals surface area contributed by atoms with E-state index in [4.69, 9.17) is 0 Å². The Balaban J connectivity index is 2.24. The maximum atomic E-state index is 10.4. The van der Waals surface area contributed by atoms with Gasteiger partial charge in [-0.05, 0) is 12.8 Å². The molecule has 0 N–H and O–H groups in total. The number of carbonyl (C=O) groups excluding carboxylic acids is 1. The quantitative estimate of drug-likeness (QED) is 0.537. The lowest BCUT2D eigenvalue weighted by Crippen LogP contribution is -2.06. The normalized spacial score (nSPS) is 17.3. The molecule has 15 heavy (non-hydrogen) atoms. The van der Waals surface area contributed by atoms with E-state index in [9.17, 15) is 4.79 Å². The van der Waals surface area contributed by atoms with Crippen molar-refractivity contribution in [2.24, 2.45) is 4.99 Å². The van der Waals surface area contributed by atoms with E-state index in [1.165, 1.54) is 0 Å². The highest BCUT2D eigenvalue weighted by Gasteiger charge is 2.47. The standard InChI is InChI=1S/C10H8N4O/c15-7-13-10(1-2-10)8-5-12-9-6-11-3-4-14(8)9/h3-6H,1-2H2. The summed E-state index contributed by atoms with van der Waals surface area (Å²) in [5.41, 5.74) is 1.35. The van der Waals surface area contributed by atoms with Crippen molar-refractivity contribution in [1.29, 1.82) is 0 Å². The molecule has 3 rings (SSSR count). The predicted octanol–water partition coefficient (Wildman–Crippen LogP) is 1.05. The van der Waals surface area contributed by atoms with Gasteiger partial charge in [0.1, 0.15) is 5.54 Å². The van der Waals surface area contributed by atoms with Gasteiger partial charge < -0.3 is 0 Å². The molecule has 2 heterocycles. The first-order chi connectivity index (χ1) is 7.36. The molecule has 5 heteroatoms. The van der Waals surface area contributed by atoms with E-state index >= 15 is 0 Å². The summed E-state index contributed by atoms with van der Waals surface area (Å²) in [6.45, 7) is 0. The fourth-order valence-corrected chi connectivity index (χ4v) is 1.82. The number of nitrogens with zero attached hydrogens (tertiary/aromatic N) is 4. The lowest BCUT2D eigenvalue weighted by Gasteiger charge is -2.06. The van der Waals surface area contributed by atoms with E-state index in [0.717, 1.165) is 24.2 Å². The number of isocyanates is 1. The van der Waals surface area contributed by atoms with Crippen LogP contribution in [0.5, 0.6) is 0 Å². The van der Waals surface area contributed by atoms with Gasteiger partial charge in [-0.2, -0.15) is 4.99 Å². The molecule has 2 aromatic rings. The zero-order chi connectivity index (χ0) is 10.3. The fraction of sp³-hybridized carbons (Fsp3) is 0.300. The van der Waals surface area contributed by atoms with Gasteiger partial charge >= 0.3 is 0 Å². The number of imidazole rings is 1. The van der Waals surface area contributed by atoms with Gasteiger partial charge in [-0.1, -0.05) is 0 Å². The van der Waals surface area contributed by atoms with Crippen molar-refractivity contribution in [3.05, 3.63) is 30.5 Å². The topological polar surface area (TPSA) is 59.6 Å². The van der Waals surface area contributed by atoms with Gasteiger partial charge in [0.2, 0.25) is 6.08 Å². The van der Waals surface area contributed by atoms with Gasteiger partial charge in [0.05, 0.1) is 18.1 Å². The summed E-state index contributed by atoms with van der Waals surface area (Å²) in [4.78, 5) is 22.4. The van der Waals surface area contributed by atoms with Crippen LogP contribution in [0, 0.1) is 0 Å². The van der Waals surface area contributed by atoms with Crippen LogP contribution in [-0.2, 0) is 10.3 Å². The lowest BCUT2D eigenvalue weighted by molar-refractivity contribution is 0.554. The molecule has 1 saturated carbocycles. The molecule has 0 saturated heterocycles. The van der Waals surface area contributed by atoms with Crippen LogP contribution in [0.15, 0.2) is 29.8 Å². The van der Waals surface area contributed by atoms with E-state index in [1.54, 1.807) is 24.7 Å². The molecular weight excluding hydrogens is 192 g/mol. The van der Waals surface area contributed by atoms with E-state index in [2.05, 4.69) is 15.0 Å². The van der Waals surface area contributed by atoms with Crippen LogP contribution in [0.2, 0.25) is 0 Å². The number of rotatable bonds is 2. The van der Waals surface area contributed by atoms with Gasteiger partial charge in [-0.25, -0.2) is 9.78 Å². The molecule has 74 valence electrons. The van der Waals surface area contributed by atoms with Crippen molar-refractivity contribution in [2.45, 2.75) is 18.4 Å². The van der Waals surface area contributed by atoms with Crippen LogP contribution in [0.1, 0.15) is 18.5 Å². The molecule has 0 unspecified atom stereocenters. The zero-order valence-electron chi connectivity index (χ0n) is 7.92. The van der Waals surface area contributed by atoms with Crippen molar-refractivity contribution in [3.8, 4) is 0 Å². The number of hydrogen-bond acceptors (Lipinski definition) is 4. The zero-order valence-corrected chi connectivity index (χ0v) is 7.92. The molecule has 2 aromatic heterocycles. The average molecular weight is 200 g/mol. The Morgan fingerprint density at radius 2 is 2.33 bits per heavy atom. The van der Waals surface area contributed by atoms with Crippen LogP contribution in [0.4, 0.5) is 0 Å². The average Bonchev–Trinajstić information content (AvgIpc) is 2.91. The molecule has 0 aliphatic heterocycles. The molecule has 5 nitrogen and oxygen atoms in total. The second-order valence-corrected chi connectivity index (χ2v) is 3.68. The van der Waals surface area contributed by atoms with Crippen LogP contribution in [0.3, 0.4) is 0 Å². The number of fused-ring (bicyclic) bond motifs is 1. The number of hydrogen-bond donors (Lipinski definition) is 0. The summed E-state index contributed by atoms with van der Waals surface area (Å²) in [5.74, 6) is 0. The minimum Gasteiger partial charge on any atom is -0.299 e. The third kappa shape index (κ3) is 1.10. The minimum absolute atomic E-state index is 0.373. The van der Waals surface area contributed by atoms with Crippen molar-refractivity contribution >= 4 is 11.7 Å². The maximum absolute atomic E-state index is 10.4. The molecule has 0 bridgehead atoms. The molecule has 0 aromatic carbocycles. The smallest absolute Gasteiger partial charge is 0.235 e. The van der Waals surface area contributed by atoms with Crippen molar-refractivity contribution < 1.29 is 4.79 Å². The minimum atomic E-state index is -0.373. The third-order valence-corrected chi connectivity index (χ3v) is 2.78. The fourth-order valence-electron chi connectivity index (χ4n) is 1.82. The van der Waals surface area contributed by atoms with Gasteiger partial charge in [-0.15, -0.1) is 0 Å². The lowest BCUT2D eigenvalue weighted by atomic mass is 10.2. The van der Waals surface area contributed by atoms with E-state index in [0.29, 0.717) is 0 Å². The Hall–Kier alpha value is -2.00. The first-order valence-corrected chi connectivity index (χ1v) is 4.72. The molecule has 1 aliphatic carbocycles. The largest absolute Gasteiger partial charge is 0.299 e. The Morgan fingerprint density at radius 1 is 1.47 bits per heavy atom. The molecule has 0 radical (unpaired) electrons. The maximum Gasteiger partial charge on any atom is 0.235 e. The van der Waals surface area contributed by atoms with Crippen molar-refractivity contribution in [2.75, 3.05) is 0 Å². The van der Waals surface area contributed by atoms with E-state index in [-0.39, 0.29) is 5.54 Å². The van der Waals surface area contributed by atoms with Crippen molar-refractivity contribution in [3.63, 3.8) is 0 Å². The Kier molecular flexibility index (Phi) is 1.52. The Morgan fingerprint density at radius 3 is 3.07 bits per heavy atom. The molecule has 1 aliphatic rings. The first-order valence-electron chi connectivity index (χ1n) is 4.72.